The Morgan fingerprint density at radius 2 is 1.73 bits per heavy atom. The Morgan fingerprint density at radius 3 is 2.31 bits per heavy atom. The second-order valence-electron chi connectivity index (χ2n) is 5.90. The molecule has 2 aromatic carbocycles. The number of aryl methyl sites for hydroxylation is 3. The molecule has 0 heterocycles. The van der Waals surface area contributed by atoms with Crippen LogP contribution in [-0.4, -0.2) is 31.0 Å². The molecule has 0 aliphatic rings. The highest BCUT2D eigenvalue weighted by Crippen LogP contribution is 2.30. The lowest BCUT2D eigenvalue weighted by atomic mass is 10.1. The third-order valence-corrected chi connectivity index (χ3v) is 5.63. The molecule has 0 atom stereocenters. The largest absolute Gasteiger partial charge is 0.480 e. The molecule has 0 aromatic heterocycles. The molecule has 0 spiro atoms. The summed E-state index contributed by atoms with van der Waals surface area (Å²) < 4.78 is 26.9. The van der Waals surface area contributed by atoms with Crippen LogP contribution in [0.3, 0.4) is 0 Å². The molecule has 0 aliphatic carbocycles. The standard InChI is InChI=1S/C17H18N2O6S/c1-11-4-5-12(2)15(8-11)18(10-17(20)21)26(24,25)14-7-6-13(3)16(9-14)19(22)23/h4-9H,10H2,1-3H3,(H,20,21). The number of hydrogen-bond donors (Lipinski definition) is 1. The summed E-state index contributed by atoms with van der Waals surface area (Å²) in [5, 5.41) is 20.3. The maximum atomic E-state index is 13.1. The van der Waals surface area contributed by atoms with Crippen LogP contribution in [0, 0.1) is 30.9 Å². The van der Waals surface area contributed by atoms with Gasteiger partial charge in [-0.25, -0.2) is 8.42 Å². The average Bonchev–Trinajstić information content (AvgIpc) is 2.54. The molecular weight excluding hydrogens is 360 g/mol. The minimum absolute atomic E-state index is 0.218. The van der Waals surface area contributed by atoms with E-state index in [-0.39, 0.29) is 16.3 Å². The Hall–Kier alpha value is -2.94. The van der Waals surface area contributed by atoms with Crippen molar-refractivity contribution in [1.82, 2.24) is 0 Å². The molecule has 0 aliphatic heterocycles. The minimum Gasteiger partial charge on any atom is -0.480 e. The van der Waals surface area contributed by atoms with Crippen molar-refractivity contribution in [2.45, 2.75) is 25.7 Å². The lowest BCUT2D eigenvalue weighted by Crippen LogP contribution is -2.36. The number of rotatable bonds is 6. The molecule has 8 nitrogen and oxygen atoms in total. The van der Waals surface area contributed by atoms with Crippen LogP contribution < -0.4 is 4.31 Å². The fourth-order valence-electron chi connectivity index (χ4n) is 2.48. The van der Waals surface area contributed by atoms with E-state index in [1.165, 1.54) is 19.1 Å². The van der Waals surface area contributed by atoms with Crippen LogP contribution in [0.1, 0.15) is 16.7 Å². The minimum atomic E-state index is -4.31. The van der Waals surface area contributed by atoms with Crippen molar-refractivity contribution in [1.29, 1.82) is 0 Å². The lowest BCUT2D eigenvalue weighted by molar-refractivity contribution is -0.385. The number of benzene rings is 2. The highest BCUT2D eigenvalue weighted by molar-refractivity contribution is 7.92. The van der Waals surface area contributed by atoms with Crippen molar-refractivity contribution in [2.75, 3.05) is 10.8 Å². The fraction of sp³-hybridized carbons (Fsp3) is 0.235. The van der Waals surface area contributed by atoms with Crippen molar-refractivity contribution in [3.63, 3.8) is 0 Å². The summed E-state index contributed by atoms with van der Waals surface area (Å²) in [6.45, 7) is 4.12. The Morgan fingerprint density at radius 1 is 1.12 bits per heavy atom. The molecule has 0 amide bonds. The van der Waals surface area contributed by atoms with Crippen LogP contribution in [0.25, 0.3) is 0 Å². The second kappa shape index (κ2) is 7.12. The second-order valence-corrected chi connectivity index (χ2v) is 7.76. The van der Waals surface area contributed by atoms with E-state index >= 15 is 0 Å². The van der Waals surface area contributed by atoms with E-state index < -0.39 is 27.5 Å². The number of hydrogen-bond acceptors (Lipinski definition) is 5. The van der Waals surface area contributed by atoms with E-state index in [0.717, 1.165) is 15.9 Å². The van der Waals surface area contributed by atoms with Gasteiger partial charge in [-0.2, -0.15) is 0 Å². The van der Waals surface area contributed by atoms with E-state index in [1.807, 2.05) is 0 Å². The number of nitrogens with zero attached hydrogens (tertiary/aromatic N) is 2. The third kappa shape index (κ3) is 3.83. The van der Waals surface area contributed by atoms with E-state index in [9.17, 15) is 28.4 Å². The number of anilines is 1. The topological polar surface area (TPSA) is 118 Å². The van der Waals surface area contributed by atoms with Crippen LogP contribution in [0.2, 0.25) is 0 Å². The number of nitro benzene ring substituents is 1. The maximum Gasteiger partial charge on any atom is 0.324 e. The molecule has 2 aromatic rings. The summed E-state index contributed by atoms with van der Waals surface area (Å²) in [5.41, 5.74) is 1.51. The van der Waals surface area contributed by atoms with Crippen molar-refractivity contribution in [3.8, 4) is 0 Å². The molecule has 0 unspecified atom stereocenters. The lowest BCUT2D eigenvalue weighted by Gasteiger charge is -2.24. The van der Waals surface area contributed by atoms with Gasteiger partial charge in [0.25, 0.3) is 15.7 Å². The van der Waals surface area contributed by atoms with Gasteiger partial charge in [0.2, 0.25) is 0 Å². The maximum absolute atomic E-state index is 13.1. The van der Waals surface area contributed by atoms with Crippen molar-refractivity contribution < 1.29 is 23.2 Å². The van der Waals surface area contributed by atoms with Crippen molar-refractivity contribution in [3.05, 3.63) is 63.2 Å². The Labute approximate surface area is 150 Å². The van der Waals surface area contributed by atoms with Crippen LogP contribution in [0.4, 0.5) is 11.4 Å². The van der Waals surface area contributed by atoms with Gasteiger partial charge >= 0.3 is 5.97 Å². The van der Waals surface area contributed by atoms with Crippen molar-refractivity contribution >= 4 is 27.4 Å². The third-order valence-electron chi connectivity index (χ3n) is 3.88. The zero-order valence-corrected chi connectivity index (χ0v) is 15.3. The van der Waals surface area contributed by atoms with E-state index in [4.69, 9.17) is 0 Å². The van der Waals surface area contributed by atoms with Crippen LogP contribution >= 0.6 is 0 Å². The Kier molecular flexibility index (Phi) is 5.31. The first kappa shape index (κ1) is 19.4. The van der Waals surface area contributed by atoms with Gasteiger partial charge in [0.05, 0.1) is 15.5 Å². The highest BCUT2D eigenvalue weighted by Gasteiger charge is 2.30. The Bertz CT molecular complexity index is 985. The van der Waals surface area contributed by atoms with Gasteiger partial charge in [-0.15, -0.1) is 0 Å². The molecule has 138 valence electrons. The molecule has 0 radical (unpaired) electrons. The van der Waals surface area contributed by atoms with Gasteiger partial charge in [-0.05, 0) is 44.0 Å². The summed E-state index contributed by atoms with van der Waals surface area (Å²) in [4.78, 5) is 21.4. The number of nitro groups is 1. The van der Waals surface area contributed by atoms with Crippen LogP contribution in [0.5, 0.6) is 0 Å². The SMILES string of the molecule is Cc1ccc(C)c(N(CC(=O)O)S(=O)(=O)c2ccc(C)c([N+](=O)[O-])c2)c1. The molecular formula is C17H18N2O6S. The zero-order chi connectivity index (χ0) is 19.6. The van der Waals surface area contributed by atoms with Crippen LogP contribution in [-0.2, 0) is 14.8 Å². The van der Waals surface area contributed by atoms with Gasteiger partial charge in [0, 0.05) is 11.6 Å². The van der Waals surface area contributed by atoms with Crippen LogP contribution in [0.15, 0.2) is 41.3 Å². The molecule has 0 saturated carbocycles. The first-order valence-corrected chi connectivity index (χ1v) is 9.05. The smallest absolute Gasteiger partial charge is 0.324 e. The summed E-state index contributed by atoms with van der Waals surface area (Å²) in [6, 6.07) is 8.54. The summed E-state index contributed by atoms with van der Waals surface area (Å²) in [5.74, 6) is -1.34. The first-order chi connectivity index (χ1) is 12.0. The van der Waals surface area contributed by atoms with E-state index in [0.29, 0.717) is 11.1 Å². The van der Waals surface area contributed by atoms with E-state index in [2.05, 4.69) is 0 Å². The summed E-state index contributed by atoms with van der Waals surface area (Å²) in [7, 11) is -4.31. The van der Waals surface area contributed by atoms with Gasteiger partial charge in [-0.1, -0.05) is 18.2 Å². The number of aliphatic carboxylic acids is 1. The molecule has 26 heavy (non-hydrogen) atoms. The molecule has 1 N–H and O–H groups in total. The highest BCUT2D eigenvalue weighted by atomic mass is 32.2. The van der Waals surface area contributed by atoms with Gasteiger partial charge < -0.3 is 5.11 Å². The molecule has 2 rings (SSSR count). The normalized spacial score (nSPS) is 11.2. The summed E-state index contributed by atoms with van der Waals surface area (Å²) >= 11 is 0. The first-order valence-electron chi connectivity index (χ1n) is 7.61. The zero-order valence-electron chi connectivity index (χ0n) is 14.5. The van der Waals surface area contributed by atoms with Gasteiger partial charge in [0.15, 0.2) is 0 Å². The predicted molar refractivity (Wildman–Crippen MR) is 95.9 cm³/mol. The number of carboxylic acid groups (broad SMARTS) is 1. The number of carboxylic acids is 1. The van der Waals surface area contributed by atoms with Gasteiger partial charge in [0.1, 0.15) is 6.54 Å². The number of carbonyl (C=O) groups is 1. The number of sulfonamides is 1. The molecule has 0 saturated heterocycles. The summed E-state index contributed by atoms with van der Waals surface area (Å²) in [6.07, 6.45) is 0. The fourth-order valence-corrected chi connectivity index (χ4v) is 3.98. The quantitative estimate of drug-likeness (QED) is 0.610. The predicted octanol–water partition coefficient (Wildman–Crippen LogP) is 2.80. The van der Waals surface area contributed by atoms with E-state index in [1.54, 1.807) is 32.0 Å². The Balaban J connectivity index is 2.67. The molecule has 9 heteroatoms. The molecule has 0 bridgehead atoms. The van der Waals surface area contributed by atoms with Crippen molar-refractivity contribution in [2.24, 2.45) is 0 Å². The van der Waals surface area contributed by atoms with Gasteiger partial charge in [-0.3, -0.25) is 19.2 Å². The monoisotopic (exact) mass is 378 g/mol. The average molecular weight is 378 g/mol. The molecule has 0 fully saturated rings.